The van der Waals surface area contributed by atoms with Gasteiger partial charge in [-0.1, -0.05) is 18.2 Å². The van der Waals surface area contributed by atoms with Gasteiger partial charge in [0, 0.05) is 37.3 Å². The molecule has 126 valence electrons. The summed E-state index contributed by atoms with van der Waals surface area (Å²) in [6.45, 7) is 0.955. The Bertz CT molecular complexity index is 701. The molecule has 0 aliphatic rings. The number of nitrogens with zero attached hydrogens (tertiary/aromatic N) is 1. The number of nitro groups is 1. The number of aryl methyl sites for hydroxylation is 1. The van der Waals surface area contributed by atoms with Crippen LogP contribution in [0.25, 0.3) is 0 Å². The lowest BCUT2D eigenvalue weighted by Gasteiger charge is -2.08. The number of hydrogen-bond donors (Lipinski definition) is 3. The topological polar surface area (TPSA) is 104 Å². The summed E-state index contributed by atoms with van der Waals surface area (Å²) in [7, 11) is 0. The third-order valence-electron chi connectivity index (χ3n) is 3.47. The standard InChI is InChI=1S/C17H19N3O4/c21-16-4-2-1-3-13(16)5-10-17(22)19-12-11-18-14-6-8-15(9-7-14)20(23)24/h1-4,6-9,18,21H,5,10-12H2,(H,19,22). The molecule has 7 nitrogen and oxygen atoms in total. The van der Waals surface area contributed by atoms with Gasteiger partial charge in [0.15, 0.2) is 0 Å². The second kappa shape index (κ2) is 8.52. The van der Waals surface area contributed by atoms with E-state index in [1.54, 1.807) is 30.3 Å². The molecule has 24 heavy (non-hydrogen) atoms. The molecule has 2 aromatic rings. The number of aromatic hydroxyl groups is 1. The average molecular weight is 329 g/mol. The van der Waals surface area contributed by atoms with E-state index in [1.165, 1.54) is 12.1 Å². The van der Waals surface area contributed by atoms with Gasteiger partial charge in [0.25, 0.3) is 5.69 Å². The van der Waals surface area contributed by atoms with Gasteiger partial charge in [-0.25, -0.2) is 0 Å². The number of nitrogens with one attached hydrogen (secondary N) is 2. The van der Waals surface area contributed by atoms with E-state index in [4.69, 9.17) is 0 Å². The van der Waals surface area contributed by atoms with Gasteiger partial charge in [0.2, 0.25) is 5.91 Å². The van der Waals surface area contributed by atoms with Crippen molar-refractivity contribution in [2.75, 3.05) is 18.4 Å². The normalized spacial score (nSPS) is 10.2. The Morgan fingerprint density at radius 2 is 1.79 bits per heavy atom. The minimum absolute atomic E-state index is 0.0398. The molecule has 0 spiro atoms. The van der Waals surface area contributed by atoms with Crippen LogP contribution in [0.2, 0.25) is 0 Å². The van der Waals surface area contributed by atoms with Crippen molar-refractivity contribution in [2.45, 2.75) is 12.8 Å². The number of benzene rings is 2. The monoisotopic (exact) mass is 329 g/mol. The summed E-state index contributed by atoms with van der Waals surface area (Å²) in [5.74, 6) is 0.105. The predicted octanol–water partition coefficient (Wildman–Crippen LogP) is 2.46. The van der Waals surface area contributed by atoms with E-state index >= 15 is 0 Å². The van der Waals surface area contributed by atoms with Crippen LogP contribution in [-0.4, -0.2) is 29.0 Å². The molecular weight excluding hydrogens is 310 g/mol. The fourth-order valence-corrected chi connectivity index (χ4v) is 2.17. The third-order valence-corrected chi connectivity index (χ3v) is 3.47. The Labute approximate surface area is 139 Å². The molecule has 0 heterocycles. The molecule has 0 radical (unpaired) electrons. The van der Waals surface area contributed by atoms with E-state index in [9.17, 15) is 20.0 Å². The number of amides is 1. The summed E-state index contributed by atoms with van der Waals surface area (Å²) in [6.07, 6.45) is 0.781. The number of anilines is 1. The Hall–Kier alpha value is -3.09. The van der Waals surface area contributed by atoms with Crippen molar-refractivity contribution in [2.24, 2.45) is 0 Å². The van der Waals surface area contributed by atoms with Crippen LogP contribution in [-0.2, 0) is 11.2 Å². The van der Waals surface area contributed by atoms with Gasteiger partial charge in [-0.15, -0.1) is 0 Å². The zero-order valence-corrected chi connectivity index (χ0v) is 13.1. The molecule has 0 atom stereocenters. The van der Waals surface area contributed by atoms with E-state index in [-0.39, 0.29) is 17.3 Å². The van der Waals surface area contributed by atoms with Crippen LogP contribution in [0.4, 0.5) is 11.4 Å². The average Bonchev–Trinajstić information content (AvgIpc) is 2.58. The van der Waals surface area contributed by atoms with Crippen molar-refractivity contribution in [3.63, 3.8) is 0 Å². The number of para-hydroxylation sites is 1. The van der Waals surface area contributed by atoms with E-state index in [1.807, 2.05) is 6.07 Å². The molecule has 0 bridgehead atoms. The van der Waals surface area contributed by atoms with E-state index < -0.39 is 4.92 Å². The third kappa shape index (κ3) is 5.28. The van der Waals surface area contributed by atoms with Gasteiger partial charge in [-0.2, -0.15) is 0 Å². The molecule has 0 fully saturated rings. The van der Waals surface area contributed by atoms with E-state index in [0.29, 0.717) is 25.9 Å². The Balaban J connectivity index is 1.65. The van der Waals surface area contributed by atoms with Crippen LogP contribution in [0, 0.1) is 10.1 Å². The largest absolute Gasteiger partial charge is 0.508 e. The van der Waals surface area contributed by atoms with Crippen molar-refractivity contribution < 1.29 is 14.8 Å². The molecule has 7 heteroatoms. The molecule has 0 aliphatic heterocycles. The smallest absolute Gasteiger partial charge is 0.269 e. The highest BCUT2D eigenvalue weighted by Gasteiger charge is 2.05. The Kier molecular flexibility index (Phi) is 6.13. The first-order chi connectivity index (χ1) is 11.6. The maximum absolute atomic E-state index is 11.8. The highest BCUT2D eigenvalue weighted by atomic mass is 16.6. The van der Waals surface area contributed by atoms with Crippen LogP contribution in [0.3, 0.4) is 0 Å². The first-order valence-corrected chi connectivity index (χ1v) is 7.58. The minimum Gasteiger partial charge on any atom is -0.508 e. The van der Waals surface area contributed by atoms with Gasteiger partial charge in [-0.05, 0) is 30.2 Å². The highest BCUT2D eigenvalue weighted by molar-refractivity contribution is 5.76. The Morgan fingerprint density at radius 3 is 2.46 bits per heavy atom. The number of rotatable bonds is 8. The summed E-state index contributed by atoms with van der Waals surface area (Å²) in [4.78, 5) is 21.9. The number of hydrogen-bond acceptors (Lipinski definition) is 5. The second-order valence-corrected chi connectivity index (χ2v) is 5.21. The van der Waals surface area contributed by atoms with Gasteiger partial charge < -0.3 is 15.7 Å². The maximum Gasteiger partial charge on any atom is 0.269 e. The highest BCUT2D eigenvalue weighted by Crippen LogP contribution is 2.17. The fraction of sp³-hybridized carbons (Fsp3) is 0.235. The molecular formula is C17H19N3O4. The lowest BCUT2D eigenvalue weighted by molar-refractivity contribution is -0.384. The molecule has 3 N–H and O–H groups in total. The molecule has 0 aliphatic carbocycles. The van der Waals surface area contributed by atoms with Crippen molar-refractivity contribution in [1.82, 2.24) is 5.32 Å². The lowest BCUT2D eigenvalue weighted by atomic mass is 10.1. The summed E-state index contributed by atoms with van der Waals surface area (Å²) in [6, 6.07) is 13.0. The molecule has 1 amide bonds. The SMILES string of the molecule is O=C(CCc1ccccc1O)NCCNc1ccc([N+](=O)[O-])cc1. The first kappa shape index (κ1) is 17.3. The minimum atomic E-state index is -0.450. The van der Waals surface area contributed by atoms with Crippen molar-refractivity contribution >= 4 is 17.3 Å². The second-order valence-electron chi connectivity index (χ2n) is 5.21. The van der Waals surface area contributed by atoms with Crippen LogP contribution >= 0.6 is 0 Å². The number of carbonyl (C=O) groups is 1. The number of non-ortho nitro benzene ring substituents is 1. The van der Waals surface area contributed by atoms with E-state index in [0.717, 1.165) is 11.3 Å². The van der Waals surface area contributed by atoms with Gasteiger partial charge in [0.05, 0.1) is 4.92 Å². The van der Waals surface area contributed by atoms with Crippen LogP contribution in [0.15, 0.2) is 48.5 Å². The van der Waals surface area contributed by atoms with Gasteiger partial charge in [0.1, 0.15) is 5.75 Å². The molecule has 0 saturated heterocycles. The maximum atomic E-state index is 11.8. The quantitative estimate of drug-likeness (QED) is 0.392. The Morgan fingerprint density at radius 1 is 1.08 bits per heavy atom. The zero-order valence-electron chi connectivity index (χ0n) is 13.1. The van der Waals surface area contributed by atoms with Crippen LogP contribution < -0.4 is 10.6 Å². The van der Waals surface area contributed by atoms with Gasteiger partial charge in [-0.3, -0.25) is 14.9 Å². The predicted molar refractivity (Wildman–Crippen MR) is 91.0 cm³/mol. The summed E-state index contributed by atoms with van der Waals surface area (Å²) in [5.41, 5.74) is 1.54. The first-order valence-electron chi connectivity index (χ1n) is 7.58. The lowest BCUT2D eigenvalue weighted by Crippen LogP contribution is -2.28. The van der Waals surface area contributed by atoms with E-state index in [2.05, 4.69) is 10.6 Å². The number of phenols is 1. The summed E-state index contributed by atoms with van der Waals surface area (Å²) in [5, 5.41) is 26.0. The van der Waals surface area contributed by atoms with Crippen LogP contribution in [0.1, 0.15) is 12.0 Å². The van der Waals surface area contributed by atoms with Crippen LogP contribution in [0.5, 0.6) is 5.75 Å². The number of nitro benzene ring substituents is 1. The zero-order chi connectivity index (χ0) is 17.4. The van der Waals surface area contributed by atoms with Crippen molar-refractivity contribution in [1.29, 1.82) is 0 Å². The molecule has 2 aromatic carbocycles. The van der Waals surface area contributed by atoms with Crippen molar-refractivity contribution in [3.05, 3.63) is 64.2 Å². The molecule has 0 saturated carbocycles. The van der Waals surface area contributed by atoms with Gasteiger partial charge >= 0.3 is 0 Å². The van der Waals surface area contributed by atoms with Crippen molar-refractivity contribution in [3.8, 4) is 5.75 Å². The molecule has 0 unspecified atom stereocenters. The molecule has 2 rings (SSSR count). The molecule has 0 aromatic heterocycles. The summed E-state index contributed by atoms with van der Waals surface area (Å²) < 4.78 is 0. The fourth-order valence-electron chi connectivity index (χ4n) is 2.17. The summed E-state index contributed by atoms with van der Waals surface area (Å²) >= 11 is 0. The number of carbonyl (C=O) groups excluding carboxylic acids is 1. The number of phenolic OH excluding ortho intramolecular Hbond substituents is 1.